The van der Waals surface area contributed by atoms with Gasteiger partial charge in [-0.05, 0) is 111 Å². The third kappa shape index (κ3) is 3.85. The van der Waals surface area contributed by atoms with Crippen LogP contribution in [-0.4, -0.2) is 35.4 Å². The van der Waals surface area contributed by atoms with Crippen molar-refractivity contribution in [3.63, 3.8) is 0 Å². The zero-order valence-corrected chi connectivity index (χ0v) is 19.5. The number of rotatable bonds is 6. The number of aliphatic hydroxyl groups is 2. The molecule has 0 heterocycles. The smallest absolute Gasteiger partial charge is 0.220 e. The highest BCUT2D eigenvalue weighted by molar-refractivity contribution is 5.75. The van der Waals surface area contributed by atoms with Crippen molar-refractivity contribution in [2.75, 3.05) is 13.2 Å². The van der Waals surface area contributed by atoms with E-state index in [0.717, 1.165) is 48.9 Å². The molecular weight excluding hydrogens is 374 g/mol. The van der Waals surface area contributed by atoms with Crippen LogP contribution < -0.4 is 5.32 Å². The summed E-state index contributed by atoms with van der Waals surface area (Å²) < 4.78 is 0. The van der Waals surface area contributed by atoms with Gasteiger partial charge in [0.2, 0.25) is 5.91 Å². The van der Waals surface area contributed by atoms with Gasteiger partial charge in [0.1, 0.15) is 0 Å². The van der Waals surface area contributed by atoms with Crippen molar-refractivity contribution in [2.45, 2.75) is 97.5 Å². The van der Waals surface area contributed by atoms with E-state index in [0.29, 0.717) is 29.7 Å². The number of hydrogen-bond acceptors (Lipinski definition) is 3. The largest absolute Gasteiger partial charge is 0.395 e. The van der Waals surface area contributed by atoms with E-state index in [4.69, 9.17) is 5.11 Å². The van der Waals surface area contributed by atoms with Gasteiger partial charge in [0.05, 0.1) is 12.7 Å². The number of carbonyl (C=O) groups excluding carboxylic acids is 1. The Hall–Kier alpha value is -0.610. The second-order valence-electron chi connectivity index (χ2n) is 11.9. The Bertz CT molecular complexity index is 623. The molecule has 4 saturated carbocycles. The topological polar surface area (TPSA) is 69.6 Å². The van der Waals surface area contributed by atoms with Crippen LogP contribution in [0.15, 0.2) is 0 Å². The minimum absolute atomic E-state index is 0.0188. The van der Waals surface area contributed by atoms with Crippen LogP contribution in [0.1, 0.15) is 91.4 Å². The number of aliphatic hydroxyl groups excluding tert-OH is 2. The molecule has 9 unspecified atom stereocenters. The number of amides is 1. The van der Waals surface area contributed by atoms with Crippen LogP contribution in [0.4, 0.5) is 0 Å². The lowest BCUT2D eigenvalue weighted by Crippen LogP contribution is -2.54. The molecule has 4 aliphatic carbocycles. The Labute approximate surface area is 183 Å². The molecule has 4 rings (SSSR count). The van der Waals surface area contributed by atoms with E-state index in [9.17, 15) is 9.90 Å². The third-order valence-corrected chi connectivity index (χ3v) is 10.7. The number of nitrogens with one attached hydrogen (secondary N) is 1. The normalized spacial score (nSPS) is 46.4. The predicted molar refractivity (Wildman–Crippen MR) is 120 cm³/mol. The van der Waals surface area contributed by atoms with Crippen LogP contribution in [0.5, 0.6) is 0 Å². The monoisotopic (exact) mass is 419 g/mol. The molecule has 0 aromatic rings. The fraction of sp³-hybridized carbons (Fsp3) is 0.962. The lowest BCUT2D eigenvalue weighted by atomic mass is 9.44. The second-order valence-corrected chi connectivity index (χ2v) is 11.9. The summed E-state index contributed by atoms with van der Waals surface area (Å²) in [6, 6.07) is 0. The number of fused-ring (bicyclic) bond motifs is 5. The molecule has 0 aromatic carbocycles. The fourth-order valence-corrected chi connectivity index (χ4v) is 9.05. The second kappa shape index (κ2) is 8.73. The molecule has 0 saturated heterocycles. The van der Waals surface area contributed by atoms with Crippen LogP contribution in [-0.2, 0) is 4.79 Å². The maximum absolute atomic E-state index is 12.0. The van der Waals surface area contributed by atoms with E-state index in [1.54, 1.807) is 0 Å². The molecule has 9 atom stereocenters. The Balaban J connectivity index is 1.42. The number of carbonyl (C=O) groups is 1. The Morgan fingerprint density at radius 3 is 2.53 bits per heavy atom. The van der Waals surface area contributed by atoms with Crippen molar-refractivity contribution in [3.05, 3.63) is 0 Å². The molecule has 0 aromatic heterocycles. The molecule has 3 N–H and O–H groups in total. The molecule has 30 heavy (non-hydrogen) atoms. The van der Waals surface area contributed by atoms with E-state index in [1.807, 2.05) is 0 Å². The molecule has 4 heteroatoms. The predicted octanol–water partition coefficient (Wildman–Crippen LogP) is 4.53. The van der Waals surface area contributed by atoms with Crippen molar-refractivity contribution in [1.29, 1.82) is 0 Å². The highest BCUT2D eigenvalue weighted by atomic mass is 16.3. The first-order valence-electron chi connectivity index (χ1n) is 12.8. The molecule has 0 aliphatic heterocycles. The van der Waals surface area contributed by atoms with Crippen LogP contribution in [0.3, 0.4) is 0 Å². The molecule has 4 aliphatic rings. The Morgan fingerprint density at radius 2 is 1.77 bits per heavy atom. The van der Waals surface area contributed by atoms with Gasteiger partial charge in [-0.25, -0.2) is 0 Å². The summed E-state index contributed by atoms with van der Waals surface area (Å²) in [5, 5.41) is 21.9. The number of hydrogen-bond donors (Lipinski definition) is 3. The van der Waals surface area contributed by atoms with Crippen molar-refractivity contribution >= 4 is 5.91 Å². The van der Waals surface area contributed by atoms with Crippen molar-refractivity contribution in [2.24, 2.45) is 46.3 Å². The standard InChI is InChI=1S/C26H45NO3/c1-17(4-9-24(30)27-14-15-28)21-7-8-22-20-6-5-18-16-19(29)10-12-25(18,2)23(20)11-13-26(21,22)3/h17-23,28-29H,4-16H2,1-3H3,(H,27,30). The summed E-state index contributed by atoms with van der Waals surface area (Å²) in [7, 11) is 0. The summed E-state index contributed by atoms with van der Waals surface area (Å²) >= 11 is 0. The van der Waals surface area contributed by atoms with E-state index in [1.165, 1.54) is 44.9 Å². The fourth-order valence-electron chi connectivity index (χ4n) is 9.05. The SMILES string of the molecule is CC(CCC(=O)NCCO)C1CCC2C3CCC4CC(O)CCC4(C)C3CCC12C. The van der Waals surface area contributed by atoms with Crippen molar-refractivity contribution < 1.29 is 15.0 Å². The van der Waals surface area contributed by atoms with Gasteiger partial charge in [-0.2, -0.15) is 0 Å². The molecule has 0 radical (unpaired) electrons. The first kappa shape index (κ1) is 22.6. The average Bonchev–Trinajstić information content (AvgIpc) is 3.08. The summed E-state index contributed by atoms with van der Waals surface area (Å²) in [6.45, 7) is 7.93. The summed E-state index contributed by atoms with van der Waals surface area (Å²) in [4.78, 5) is 12.0. The molecule has 172 valence electrons. The quantitative estimate of drug-likeness (QED) is 0.592. The van der Waals surface area contributed by atoms with Gasteiger partial charge in [0.25, 0.3) is 0 Å². The van der Waals surface area contributed by atoms with E-state index in [2.05, 4.69) is 26.1 Å². The van der Waals surface area contributed by atoms with E-state index < -0.39 is 0 Å². The molecule has 4 nitrogen and oxygen atoms in total. The van der Waals surface area contributed by atoms with E-state index >= 15 is 0 Å². The van der Waals surface area contributed by atoms with Gasteiger partial charge in [0.15, 0.2) is 0 Å². The summed E-state index contributed by atoms with van der Waals surface area (Å²) in [5.74, 6) is 4.76. The zero-order chi connectivity index (χ0) is 21.5. The minimum Gasteiger partial charge on any atom is -0.395 e. The average molecular weight is 420 g/mol. The highest BCUT2D eigenvalue weighted by Crippen LogP contribution is 2.68. The minimum atomic E-state index is -0.0558. The summed E-state index contributed by atoms with van der Waals surface area (Å²) in [5.41, 5.74) is 0.900. The maximum atomic E-state index is 12.0. The first-order valence-corrected chi connectivity index (χ1v) is 12.8. The Morgan fingerprint density at radius 1 is 1.03 bits per heavy atom. The van der Waals surface area contributed by atoms with Crippen LogP contribution in [0.25, 0.3) is 0 Å². The van der Waals surface area contributed by atoms with Crippen LogP contribution in [0, 0.1) is 46.3 Å². The molecule has 0 bridgehead atoms. The third-order valence-electron chi connectivity index (χ3n) is 10.7. The summed E-state index contributed by atoms with van der Waals surface area (Å²) in [6.07, 6.45) is 12.9. The zero-order valence-electron chi connectivity index (χ0n) is 19.5. The van der Waals surface area contributed by atoms with Gasteiger partial charge >= 0.3 is 0 Å². The molecule has 0 spiro atoms. The molecule has 4 fully saturated rings. The molecule has 1 amide bonds. The first-order chi connectivity index (χ1) is 14.3. The lowest BCUT2D eigenvalue weighted by molar-refractivity contribution is -0.129. The van der Waals surface area contributed by atoms with Gasteiger partial charge in [-0.15, -0.1) is 0 Å². The maximum Gasteiger partial charge on any atom is 0.220 e. The van der Waals surface area contributed by atoms with Gasteiger partial charge in [-0.3, -0.25) is 4.79 Å². The van der Waals surface area contributed by atoms with Crippen molar-refractivity contribution in [1.82, 2.24) is 5.32 Å². The van der Waals surface area contributed by atoms with Crippen LogP contribution >= 0.6 is 0 Å². The van der Waals surface area contributed by atoms with Gasteiger partial charge in [0, 0.05) is 13.0 Å². The van der Waals surface area contributed by atoms with Gasteiger partial charge < -0.3 is 15.5 Å². The van der Waals surface area contributed by atoms with Gasteiger partial charge in [-0.1, -0.05) is 20.8 Å². The Kier molecular flexibility index (Phi) is 6.57. The lowest BCUT2D eigenvalue weighted by Gasteiger charge is -2.61. The molecular formula is C26H45NO3. The van der Waals surface area contributed by atoms with Crippen molar-refractivity contribution in [3.8, 4) is 0 Å². The van der Waals surface area contributed by atoms with Crippen LogP contribution in [0.2, 0.25) is 0 Å². The van der Waals surface area contributed by atoms with E-state index in [-0.39, 0.29) is 18.6 Å². The highest BCUT2D eigenvalue weighted by Gasteiger charge is 2.60.